The molecule has 0 atom stereocenters. The fraction of sp³-hybridized carbons (Fsp3) is 0.417. The number of carbonyl (C=O) groups is 1. The van der Waals surface area contributed by atoms with Gasteiger partial charge in [-0.25, -0.2) is 4.79 Å². The zero-order valence-electron chi connectivity index (χ0n) is 9.74. The van der Waals surface area contributed by atoms with E-state index in [0.717, 1.165) is 6.42 Å². The van der Waals surface area contributed by atoms with Crippen molar-refractivity contribution in [1.29, 1.82) is 0 Å². The summed E-state index contributed by atoms with van der Waals surface area (Å²) < 4.78 is 10.2. The van der Waals surface area contributed by atoms with Crippen LogP contribution in [0.25, 0.3) is 0 Å². The van der Waals surface area contributed by atoms with Crippen molar-refractivity contribution in [3.63, 3.8) is 0 Å². The van der Waals surface area contributed by atoms with Crippen molar-refractivity contribution in [2.45, 2.75) is 13.3 Å². The lowest BCUT2D eigenvalue weighted by atomic mass is 10.2. The van der Waals surface area contributed by atoms with Crippen molar-refractivity contribution in [3.8, 4) is 0 Å². The number of nitrogens with two attached hydrogens (primary N) is 1. The van der Waals surface area contributed by atoms with Gasteiger partial charge in [0.15, 0.2) is 0 Å². The number of halogens is 1. The average molecular weight is 258 g/mol. The van der Waals surface area contributed by atoms with E-state index in [1.807, 2.05) is 6.92 Å². The molecular formula is C12H16ClNO3. The Morgan fingerprint density at radius 2 is 2.12 bits per heavy atom. The Kier molecular flexibility index (Phi) is 5.80. The summed E-state index contributed by atoms with van der Waals surface area (Å²) in [6.45, 7) is 3.28. The SMILES string of the molecule is CCCOCCOC(=O)c1cc(N)ccc1Cl. The predicted octanol–water partition coefficient (Wildman–Crippen LogP) is 2.51. The number of hydrogen-bond acceptors (Lipinski definition) is 4. The largest absolute Gasteiger partial charge is 0.460 e. The number of nitrogen functional groups attached to an aromatic ring is 1. The highest BCUT2D eigenvalue weighted by atomic mass is 35.5. The van der Waals surface area contributed by atoms with Crippen LogP contribution in [0, 0.1) is 0 Å². The first kappa shape index (κ1) is 13.8. The highest BCUT2D eigenvalue weighted by Gasteiger charge is 2.11. The second kappa shape index (κ2) is 7.14. The van der Waals surface area contributed by atoms with Crippen molar-refractivity contribution in [2.75, 3.05) is 25.6 Å². The molecule has 1 rings (SSSR count). The second-order valence-corrected chi connectivity index (χ2v) is 3.89. The number of rotatable bonds is 6. The zero-order chi connectivity index (χ0) is 12.7. The molecule has 0 aliphatic heterocycles. The molecule has 0 amide bonds. The van der Waals surface area contributed by atoms with Gasteiger partial charge in [0.05, 0.1) is 17.2 Å². The van der Waals surface area contributed by atoms with Gasteiger partial charge in [-0.15, -0.1) is 0 Å². The van der Waals surface area contributed by atoms with E-state index in [4.69, 9.17) is 26.8 Å². The van der Waals surface area contributed by atoms with Crippen LogP contribution in [0.4, 0.5) is 5.69 Å². The molecule has 0 bridgehead atoms. The van der Waals surface area contributed by atoms with Gasteiger partial charge in [0.2, 0.25) is 0 Å². The number of anilines is 1. The molecule has 1 aromatic rings. The third kappa shape index (κ3) is 4.63. The summed E-state index contributed by atoms with van der Waals surface area (Å²) in [5.74, 6) is -0.484. The number of benzene rings is 1. The number of esters is 1. The molecule has 0 fully saturated rings. The normalized spacial score (nSPS) is 10.2. The van der Waals surface area contributed by atoms with Crippen LogP contribution in [0.15, 0.2) is 18.2 Å². The lowest BCUT2D eigenvalue weighted by Crippen LogP contribution is -2.11. The summed E-state index contributed by atoms with van der Waals surface area (Å²) >= 11 is 5.87. The molecule has 17 heavy (non-hydrogen) atoms. The molecule has 0 aliphatic carbocycles. The lowest BCUT2D eigenvalue weighted by Gasteiger charge is -2.07. The van der Waals surface area contributed by atoms with E-state index < -0.39 is 5.97 Å². The molecule has 0 saturated carbocycles. The topological polar surface area (TPSA) is 61.5 Å². The van der Waals surface area contributed by atoms with Gasteiger partial charge in [-0.2, -0.15) is 0 Å². The van der Waals surface area contributed by atoms with E-state index in [1.165, 1.54) is 6.07 Å². The van der Waals surface area contributed by atoms with Gasteiger partial charge in [0, 0.05) is 12.3 Å². The fourth-order valence-electron chi connectivity index (χ4n) is 1.22. The first-order valence-corrected chi connectivity index (χ1v) is 5.83. The van der Waals surface area contributed by atoms with Crippen LogP contribution >= 0.6 is 11.6 Å². The molecule has 1 aromatic carbocycles. The average Bonchev–Trinajstić information content (AvgIpc) is 2.32. The van der Waals surface area contributed by atoms with E-state index in [2.05, 4.69) is 0 Å². The van der Waals surface area contributed by atoms with Gasteiger partial charge < -0.3 is 15.2 Å². The third-order valence-corrected chi connectivity index (χ3v) is 2.35. The lowest BCUT2D eigenvalue weighted by molar-refractivity contribution is 0.0319. The molecule has 4 nitrogen and oxygen atoms in total. The summed E-state index contributed by atoms with van der Waals surface area (Å²) in [5, 5.41) is 0.332. The number of carbonyl (C=O) groups excluding carboxylic acids is 1. The van der Waals surface area contributed by atoms with E-state index in [1.54, 1.807) is 12.1 Å². The van der Waals surface area contributed by atoms with Crippen LogP contribution in [0.1, 0.15) is 23.7 Å². The van der Waals surface area contributed by atoms with Crippen molar-refractivity contribution < 1.29 is 14.3 Å². The summed E-state index contributed by atoms with van der Waals surface area (Å²) in [7, 11) is 0. The van der Waals surface area contributed by atoms with Gasteiger partial charge in [0.1, 0.15) is 6.61 Å². The smallest absolute Gasteiger partial charge is 0.339 e. The minimum Gasteiger partial charge on any atom is -0.460 e. The summed E-state index contributed by atoms with van der Waals surface area (Å²) in [4.78, 5) is 11.6. The van der Waals surface area contributed by atoms with Gasteiger partial charge >= 0.3 is 5.97 Å². The van der Waals surface area contributed by atoms with Gasteiger partial charge in [-0.3, -0.25) is 0 Å². The summed E-state index contributed by atoms with van der Waals surface area (Å²) in [6.07, 6.45) is 0.939. The van der Waals surface area contributed by atoms with Gasteiger partial charge in [-0.05, 0) is 24.6 Å². The maximum atomic E-state index is 11.6. The molecule has 0 aliphatic rings. The molecule has 94 valence electrons. The minimum atomic E-state index is -0.484. The first-order chi connectivity index (χ1) is 8.15. The molecular weight excluding hydrogens is 242 g/mol. The number of hydrogen-bond donors (Lipinski definition) is 1. The van der Waals surface area contributed by atoms with Crippen molar-refractivity contribution in [1.82, 2.24) is 0 Å². The Morgan fingerprint density at radius 3 is 2.82 bits per heavy atom. The zero-order valence-corrected chi connectivity index (χ0v) is 10.5. The van der Waals surface area contributed by atoms with Crippen LogP contribution in [0.3, 0.4) is 0 Å². The molecule has 0 radical (unpaired) electrons. The molecule has 5 heteroatoms. The maximum absolute atomic E-state index is 11.6. The quantitative estimate of drug-likeness (QED) is 0.483. The Balaban J connectivity index is 2.44. The maximum Gasteiger partial charge on any atom is 0.339 e. The van der Waals surface area contributed by atoms with E-state index in [0.29, 0.717) is 23.9 Å². The highest BCUT2D eigenvalue weighted by molar-refractivity contribution is 6.33. The van der Waals surface area contributed by atoms with E-state index in [9.17, 15) is 4.79 Å². The standard InChI is InChI=1S/C12H16ClNO3/c1-2-5-16-6-7-17-12(15)10-8-9(14)3-4-11(10)13/h3-4,8H,2,5-7,14H2,1H3. The summed E-state index contributed by atoms with van der Waals surface area (Å²) in [5.41, 5.74) is 6.32. The highest BCUT2D eigenvalue weighted by Crippen LogP contribution is 2.19. The van der Waals surface area contributed by atoms with Crippen LogP contribution in [-0.4, -0.2) is 25.8 Å². The van der Waals surface area contributed by atoms with Gasteiger partial charge in [0.25, 0.3) is 0 Å². The van der Waals surface area contributed by atoms with Crippen LogP contribution in [0.5, 0.6) is 0 Å². The first-order valence-electron chi connectivity index (χ1n) is 5.45. The summed E-state index contributed by atoms with van der Waals surface area (Å²) in [6, 6.07) is 4.70. The molecule has 2 N–H and O–H groups in total. The van der Waals surface area contributed by atoms with Crippen molar-refractivity contribution >= 4 is 23.3 Å². The monoisotopic (exact) mass is 257 g/mol. The molecule has 0 aromatic heterocycles. The van der Waals surface area contributed by atoms with Crippen LogP contribution in [0.2, 0.25) is 5.02 Å². The van der Waals surface area contributed by atoms with E-state index >= 15 is 0 Å². The third-order valence-electron chi connectivity index (χ3n) is 2.02. The Morgan fingerprint density at radius 1 is 1.35 bits per heavy atom. The van der Waals surface area contributed by atoms with E-state index in [-0.39, 0.29) is 12.2 Å². The molecule has 0 spiro atoms. The van der Waals surface area contributed by atoms with Crippen LogP contribution < -0.4 is 5.73 Å². The fourth-order valence-corrected chi connectivity index (χ4v) is 1.41. The van der Waals surface area contributed by atoms with Crippen molar-refractivity contribution in [3.05, 3.63) is 28.8 Å². The molecule has 0 saturated heterocycles. The molecule has 0 unspecified atom stereocenters. The predicted molar refractivity (Wildman–Crippen MR) is 67.3 cm³/mol. The Bertz CT molecular complexity index is 382. The van der Waals surface area contributed by atoms with Gasteiger partial charge in [-0.1, -0.05) is 18.5 Å². The second-order valence-electron chi connectivity index (χ2n) is 3.49. The molecule has 0 heterocycles. The van der Waals surface area contributed by atoms with Crippen molar-refractivity contribution in [2.24, 2.45) is 0 Å². The number of ether oxygens (including phenoxy) is 2. The Labute approximate surface area is 106 Å². The minimum absolute atomic E-state index is 0.212. The van der Waals surface area contributed by atoms with Crippen LogP contribution in [-0.2, 0) is 9.47 Å². The Hall–Kier alpha value is -1.26.